The molecule has 0 unspecified atom stereocenters. The van der Waals surface area contributed by atoms with Gasteiger partial charge in [0.1, 0.15) is 11.3 Å². The first-order chi connectivity index (χ1) is 15.4. The molecular formula is C26H35N5O. The molecule has 0 aliphatic carbocycles. The first-order valence-electron chi connectivity index (χ1n) is 11.6. The molecule has 170 valence electrons. The molecule has 0 saturated carbocycles. The van der Waals surface area contributed by atoms with Gasteiger partial charge in [-0.25, -0.2) is 4.98 Å². The molecular weight excluding hydrogens is 398 g/mol. The van der Waals surface area contributed by atoms with Gasteiger partial charge in [-0.15, -0.1) is 0 Å². The molecule has 0 bridgehead atoms. The van der Waals surface area contributed by atoms with Crippen molar-refractivity contribution in [3.8, 4) is 11.4 Å². The highest BCUT2D eigenvalue weighted by atomic mass is 16.1. The summed E-state index contributed by atoms with van der Waals surface area (Å²) in [6.45, 7) is 5.62. The molecule has 1 aromatic heterocycles. The van der Waals surface area contributed by atoms with Crippen LogP contribution in [0.2, 0.25) is 0 Å². The van der Waals surface area contributed by atoms with E-state index in [1.807, 2.05) is 0 Å². The number of hydrogen-bond donors (Lipinski definition) is 1. The molecule has 2 heterocycles. The zero-order chi connectivity index (χ0) is 22.7. The fourth-order valence-electron chi connectivity index (χ4n) is 4.55. The maximum Gasteiger partial charge on any atom is 0.223 e. The summed E-state index contributed by atoms with van der Waals surface area (Å²) in [6, 6.07) is 14.9. The molecule has 1 aliphatic heterocycles. The van der Waals surface area contributed by atoms with Gasteiger partial charge in [-0.3, -0.25) is 4.79 Å². The van der Waals surface area contributed by atoms with Gasteiger partial charge in [0, 0.05) is 38.2 Å². The van der Waals surface area contributed by atoms with Crippen molar-refractivity contribution in [2.75, 3.05) is 45.2 Å². The largest absolute Gasteiger partial charge is 0.370 e. The lowest BCUT2D eigenvalue weighted by molar-refractivity contribution is -0.125. The SMILES string of the molecule is Cc1ccc(-c2nc3c(N4CCC(C(=O)NCCCN(C)C)CC4)cccc3n2C)cc1. The van der Waals surface area contributed by atoms with Crippen molar-refractivity contribution in [3.05, 3.63) is 48.0 Å². The predicted molar refractivity (Wildman–Crippen MR) is 132 cm³/mol. The van der Waals surface area contributed by atoms with Crippen LogP contribution in [0.25, 0.3) is 22.4 Å². The van der Waals surface area contributed by atoms with Gasteiger partial charge in [-0.1, -0.05) is 35.9 Å². The van der Waals surface area contributed by atoms with Crippen molar-refractivity contribution >= 4 is 22.6 Å². The van der Waals surface area contributed by atoms with E-state index in [0.29, 0.717) is 0 Å². The number of nitrogens with zero attached hydrogens (tertiary/aromatic N) is 4. The van der Waals surface area contributed by atoms with Gasteiger partial charge in [0.05, 0.1) is 11.2 Å². The summed E-state index contributed by atoms with van der Waals surface area (Å²) in [6.07, 6.45) is 2.75. The minimum absolute atomic E-state index is 0.108. The Hall–Kier alpha value is -2.86. The van der Waals surface area contributed by atoms with Crippen LogP contribution in [0.15, 0.2) is 42.5 Å². The molecule has 6 heteroatoms. The van der Waals surface area contributed by atoms with Crippen molar-refractivity contribution in [1.82, 2.24) is 19.8 Å². The van der Waals surface area contributed by atoms with Gasteiger partial charge in [-0.2, -0.15) is 0 Å². The quantitative estimate of drug-likeness (QED) is 0.576. The Morgan fingerprint density at radius 2 is 1.84 bits per heavy atom. The van der Waals surface area contributed by atoms with Gasteiger partial charge in [0.2, 0.25) is 5.91 Å². The lowest BCUT2D eigenvalue weighted by Gasteiger charge is -2.33. The third-order valence-electron chi connectivity index (χ3n) is 6.49. The van der Waals surface area contributed by atoms with Crippen LogP contribution in [0, 0.1) is 12.8 Å². The molecule has 0 radical (unpaired) electrons. The molecule has 1 amide bonds. The maximum absolute atomic E-state index is 12.6. The zero-order valence-electron chi connectivity index (χ0n) is 19.8. The van der Waals surface area contributed by atoms with Gasteiger partial charge in [-0.05, 0) is 59.0 Å². The van der Waals surface area contributed by atoms with E-state index in [-0.39, 0.29) is 11.8 Å². The van der Waals surface area contributed by atoms with Crippen molar-refractivity contribution in [3.63, 3.8) is 0 Å². The third kappa shape index (κ3) is 4.80. The summed E-state index contributed by atoms with van der Waals surface area (Å²) >= 11 is 0. The zero-order valence-corrected chi connectivity index (χ0v) is 19.8. The molecule has 0 atom stereocenters. The summed E-state index contributed by atoms with van der Waals surface area (Å²) in [5, 5.41) is 3.13. The molecule has 2 aromatic carbocycles. The van der Waals surface area contributed by atoms with Gasteiger partial charge in [0.15, 0.2) is 0 Å². The van der Waals surface area contributed by atoms with Crippen molar-refractivity contribution in [2.45, 2.75) is 26.2 Å². The Morgan fingerprint density at radius 3 is 2.53 bits per heavy atom. The van der Waals surface area contributed by atoms with E-state index in [2.05, 4.69) is 90.2 Å². The number of para-hydroxylation sites is 1. The number of carbonyl (C=O) groups excluding carboxylic acids is 1. The second kappa shape index (κ2) is 9.74. The summed E-state index contributed by atoms with van der Waals surface area (Å²) < 4.78 is 2.18. The van der Waals surface area contributed by atoms with E-state index in [9.17, 15) is 4.79 Å². The Morgan fingerprint density at radius 1 is 1.12 bits per heavy atom. The minimum Gasteiger partial charge on any atom is -0.370 e. The van der Waals surface area contributed by atoms with E-state index in [0.717, 1.165) is 67.9 Å². The van der Waals surface area contributed by atoms with Crippen LogP contribution >= 0.6 is 0 Å². The average molecular weight is 434 g/mol. The standard InChI is InChI=1S/C26H35N5O/c1-19-9-11-20(12-10-19)25-28-24-22(30(25)4)7-5-8-23(24)31-17-13-21(14-18-31)26(32)27-15-6-16-29(2)3/h5,7-12,21H,6,13-18H2,1-4H3,(H,27,32). The van der Waals surface area contributed by atoms with Crippen molar-refractivity contribution < 1.29 is 4.79 Å². The monoisotopic (exact) mass is 433 g/mol. The lowest BCUT2D eigenvalue weighted by Crippen LogP contribution is -2.41. The van der Waals surface area contributed by atoms with Crippen molar-refractivity contribution in [2.24, 2.45) is 13.0 Å². The van der Waals surface area contributed by atoms with Crippen LogP contribution in [0.1, 0.15) is 24.8 Å². The number of benzene rings is 2. The Labute approximate surface area is 191 Å². The molecule has 1 fully saturated rings. The second-order valence-corrected chi connectivity index (χ2v) is 9.21. The summed E-state index contributed by atoms with van der Waals surface area (Å²) in [5.41, 5.74) is 5.72. The highest BCUT2D eigenvalue weighted by molar-refractivity contribution is 5.92. The smallest absolute Gasteiger partial charge is 0.223 e. The minimum atomic E-state index is 0.108. The molecule has 6 nitrogen and oxygen atoms in total. The summed E-state index contributed by atoms with van der Waals surface area (Å²) in [7, 11) is 6.20. The van der Waals surface area contributed by atoms with E-state index < -0.39 is 0 Å². The number of carbonyl (C=O) groups is 1. The predicted octanol–water partition coefficient (Wildman–Crippen LogP) is 3.83. The number of aryl methyl sites for hydroxylation is 2. The van der Waals surface area contributed by atoms with E-state index in [4.69, 9.17) is 4.98 Å². The fraction of sp³-hybridized carbons (Fsp3) is 0.462. The number of anilines is 1. The normalized spacial score (nSPS) is 15.0. The maximum atomic E-state index is 12.6. The molecule has 3 aromatic rings. The molecule has 32 heavy (non-hydrogen) atoms. The number of hydrogen-bond acceptors (Lipinski definition) is 4. The number of fused-ring (bicyclic) bond motifs is 1. The molecule has 1 N–H and O–H groups in total. The molecule has 1 aliphatic rings. The Bertz CT molecular complexity index is 1060. The summed E-state index contributed by atoms with van der Waals surface area (Å²) in [4.78, 5) is 22.2. The van der Waals surface area contributed by atoms with Gasteiger partial charge in [0.25, 0.3) is 0 Å². The number of piperidine rings is 1. The Balaban J connectivity index is 1.45. The lowest BCUT2D eigenvalue weighted by atomic mass is 9.95. The van der Waals surface area contributed by atoms with Crippen LogP contribution in [0.5, 0.6) is 0 Å². The van der Waals surface area contributed by atoms with Crippen LogP contribution in [-0.2, 0) is 11.8 Å². The number of imidazole rings is 1. The third-order valence-corrected chi connectivity index (χ3v) is 6.49. The van der Waals surface area contributed by atoms with Crippen molar-refractivity contribution in [1.29, 1.82) is 0 Å². The van der Waals surface area contributed by atoms with Gasteiger partial charge >= 0.3 is 0 Å². The summed E-state index contributed by atoms with van der Waals surface area (Å²) in [5.74, 6) is 1.30. The number of aromatic nitrogens is 2. The Kier molecular flexibility index (Phi) is 6.80. The topological polar surface area (TPSA) is 53.4 Å². The van der Waals surface area contributed by atoms with E-state index in [1.165, 1.54) is 11.3 Å². The highest BCUT2D eigenvalue weighted by Crippen LogP contribution is 2.32. The van der Waals surface area contributed by atoms with Crippen LogP contribution in [-0.4, -0.2) is 60.6 Å². The van der Waals surface area contributed by atoms with Crippen LogP contribution in [0.3, 0.4) is 0 Å². The highest BCUT2D eigenvalue weighted by Gasteiger charge is 2.26. The first-order valence-corrected chi connectivity index (χ1v) is 11.6. The van der Waals surface area contributed by atoms with E-state index in [1.54, 1.807) is 0 Å². The average Bonchev–Trinajstić information content (AvgIpc) is 3.14. The number of rotatable bonds is 7. The molecule has 4 rings (SSSR count). The molecule has 0 spiro atoms. The number of amides is 1. The fourth-order valence-corrected chi connectivity index (χ4v) is 4.55. The second-order valence-electron chi connectivity index (χ2n) is 9.21. The van der Waals surface area contributed by atoms with E-state index >= 15 is 0 Å². The van der Waals surface area contributed by atoms with Crippen LogP contribution < -0.4 is 10.2 Å². The first kappa shape index (κ1) is 22.3. The number of nitrogens with one attached hydrogen (secondary N) is 1. The molecule has 1 saturated heterocycles. The van der Waals surface area contributed by atoms with Gasteiger partial charge < -0.3 is 19.7 Å². The van der Waals surface area contributed by atoms with Crippen LogP contribution in [0.4, 0.5) is 5.69 Å².